The Labute approximate surface area is 124 Å². The van der Waals surface area contributed by atoms with Gasteiger partial charge < -0.3 is 9.42 Å². The summed E-state index contributed by atoms with van der Waals surface area (Å²) in [5.74, 6) is 1.31. The van der Waals surface area contributed by atoms with Gasteiger partial charge in [-0.05, 0) is 31.7 Å². The molecule has 1 aliphatic heterocycles. The molecule has 0 aliphatic carbocycles. The van der Waals surface area contributed by atoms with Crippen molar-refractivity contribution in [1.82, 2.24) is 15.0 Å². The van der Waals surface area contributed by atoms with Gasteiger partial charge in [-0.25, -0.2) is 0 Å². The number of carbonyl (C=O) groups is 1. The summed E-state index contributed by atoms with van der Waals surface area (Å²) in [4.78, 5) is 18.8. The van der Waals surface area contributed by atoms with Crippen molar-refractivity contribution in [2.45, 2.75) is 38.6 Å². The number of rotatable bonds is 3. The highest BCUT2D eigenvalue weighted by Gasteiger charge is 2.31. The number of amides is 1. The fourth-order valence-corrected chi connectivity index (χ4v) is 2.81. The maximum atomic E-state index is 12.6. The molecular formula is C16H19N3O2. The molecule has 1 amide bonds. The van der Waals surface area contributed by atoms with Gasteiger partial charge in [-0.2, -0.15) is 4.98 Å². The van der Waals surface area contributed by atoms with E-state index in [4.69, 9.17) is 4.52 Å². The first-order chi connectivity index (χ1) is 10.2. The summed E-state index contributed by atoms with van der Waals surface area (Å²) in [6.07, 6.45) is 3.43. The molecule has 5 nitrogen and oxygen atoms in total. The second-order valence-corrected chi connectivity index (χ2v) is 5.44. The molecule has 21 heavy (non-hydrogen) atoms. The van der Waals surface area contributed by atoms with Crippen molar-refractivity contribution in [3.8, 4) is 0 Å². The summed E-state index contributed by atoms with van der Waals surface area (Å²) in [7, 11) is 0. The zero-order valence-corrected chi connectivity index (χ0v) is 12.2. The van der Waals surface area contributed by atoms with Crippen LogP contribution in [0.3, 0.4) is 0 Å². The van der Waals surface area contributed by atoms with Gasteiger partial charge in [0.15, 0.2) is 5.82 Å². The third-order valence-corrected chi connectivity index (χ3v) is 3.85. The average molecular weight is 285 g/mol. The van der Waals surface area contributed by atoms with Crippen LogP contribution in [-0.2, 0) is 11.2 Å². The Morgan fingerprint density at radius 3 is 2.86 bits per heavy atom. The van der Waals surface area contributed by atoms with Gasteiger partial charge in [-0.15, -0.1) is 0 Å². The summed E-state index contributed by atoms with van der Waals surface area (Å²) in [6, 6.07) is 9.76. The number of hydrogen-bond acceptors (Lipinski definition) is 4. The lowest BCUT2D eigenvalue weighted by Crippen LogP contribution is -2.39. The molecule has 1 fully saturated rings. The third-order valence-electron chi connectivity index (χ3n) is 3.85. The van der Waals surface area contributed by atoms with Crippen LogP contribution in [0.25, 0.3) is 0 Å². The molecule has 5 heteroatoms. The Kier molecular flexibility index (Phi) is 3.99. The Hall–Kier alpha value is -2.17. The van der Waals surface area contributed by atoms with Crippen LogP contribution in [0, 0.1) is 6.92 Å². The Balaban J connectivity index is 1.76. The first-order valence-electron chi connectivity index (χ1n) is 7.37. The second-order valence-electron chi connectivity index (χ2n) is 5.44. The first-order valence-corrected chi connectivity index (χ1v) is 7.37. The van der Waals surface area contributed by atoms with Crippen LogP contribution in [-0.4, -0.2) is 27.5 Å². The van der Waals surface area contributed by atoms with Crippen LogP contribution in [0.4, 0.5) is 0 Å². The lowest BCUT2D eigenvalue weighted by atomic mass is 10.0. The molecular weight excluding hydrogens is 266 g/mol. The van der Waals surface area contributed by atoms with E-state index in [1.165, 1.54) is 0 Å². The molecule has 0 N–H and O–H groups in total. The predicted octanol–water partition coefficient (Wildman–Crippen LogP) is 2.67. The van der Waals surface area contributed by atoms with Crippen LogP contribution in [0.15, 0.2) is 34.9 Å². The molecule has 110 valence electrons. The summed E-state index contributed by atoms with van der Waals surface area (Å²) in [5, 5.41) is 3.85. The molecule has 3 rings (SSSR count). The molecule has 1 aromatic carbocycles. The first kappa shape index (κ1) is 13.8. The van der Waals surface area contributed by atoms with E-state index in [0.29, 0.717) is 18.1 Å². The molecule has 0 bridgehead atoms. The molecule has 1 aromatic heterocycles. The van der Waals surface area contributed by atoms with E-state index in [2.05, 4.69) is 10.1 Å². The van der Waals surface area contributed by atoms with Crippen molar-refractivity contribution in [3.05, 3.63) is 47.6 Å². The molecule has 1 aliphatic rings. The normalized spacial score (nSPS) is 18.7. The van der Waals surface area contributed by atoms with Gasteiger partial charge in [0, 0.05) is 6.54 Å². The van der Waals surface area contributed by atoms with Crippen LogP contribution < -0.4 is 0 Å². The van der Waals surface area contributed by atoms with Gasteiger partial charge in [0.25, 0.3) is 0 Å². The summed E-state index contributed by atoms with van der Waals surface area (Å²) in [6.45, 7) is 2.56. The van der Waals surface area contributed by atoms with Crippen LogP contribution >= 0.6 is 0 Å². The van der Waals surface area contributed by atoms with E-state index in [0.717, 1.165) is 31.4 Å². The minimum Gasteiger partial charge on any atom is -0.337 e. The second kappa shape index (κ2) is 6.08. The molecule has 0 spiro atoms. The number of carbonyl (C=O) groups excluding carboxylic acids is 1. The van der Waals surface area contributed by atoms with Crippen molar-refractivity contribution >= 4 is 5.91 Å². The highest BCUT2D eigenvalue weighted by atomic mass is 16.5. The number of piperidine rings is 1. The molecule has 0 unspecified atom stereocenters. The van der Waals surface area contributed by atoms with Gasteiger partial charge in [-0.1, -0.05) is 35.5 Å². The number of hydrogen-bond donors (Lipinski definition) is 0. The topological polar surface area (TPSA) is 59.2 Å². The molecule has 0 saturated carbocycles. The fourth-order valence-electron chi connectivity index (χ4n) is 2.81. The number of aromatic nitrogens is 2. The van der Waals surface area contributed by atoms with Crippen LogP contribution in [0.2, 0.25) is 0 Å². The molecule has 2 heterocycles. The minimum absolute atomic E-state index is 0.0730. The third kappa shape index (κ3) is 3.12. The van der Waals surface area contributed by atoms with Gasteiger partial charge in [0.05, 0.1) is 6.42 Å². The summed E-state index contributed by atoms with van der Waals surface area (Å²) in [5.41, 5.74) is 1.04. The lowest BCUT2D eigenvalue weighted by Gasteiger charge is -2.33. The molecule has 1 saturated heterocycles. The standard InChI is InChI=1S/C16H19N3O2/c1-12-17-16(21-18-12)14-9-5-6-10-19(14)15(20)11-13-7-3-2-4-8-13/h2-4,7-8,14H,5-6,9-11H2,1H3/t14-/m1/s1. The number of benzene rings is 1. The van der Waals surface area contributed by atoms with E-state index in [-0.39, 0.29) is 11.9 Å². The Bertz CT molecular complexity index is 609. The van der Waals surface area contributed by atoms with Crippen molar-refractivity contribution in [2.24, 2.45) is 0 Å². The Morgan fingerprint density at radius 2 is 2.14 bits per heavy atom. The van der Waals surface area contributed by atoms with E-state index < -0.39 is 0 Å². The maximum absolute atomic E-state index is 12.6. The van der Waals surface area contributed by atoms with E-state index >= 15 is 0 Å². The monoisotopic (exact) mass is 285 g/mol. The molecule has 2 aromatic rings. The summed E-state index contributed by atoms with van der Waals surface area (Å²) >= 11 is 0. The van der Waals surface area contributed by atoms with Crippen molar-refractivity contribution in [3.63, 3.8) is 0 Å². The van der Waals surface area contributed by atoms with Gasteiger partial charge in [0.1, 0.15) is 6.04 Å². The highest BCUT2D eigenvalue weighted by Crippen LogP contribution is 2.30. The zero-order valence-electron chi connectivity index (χ0n) is 12.2. The maximum Gasteiger partial charge on any atom is 0.249 e. The quantitative estimate of drug-likeness (QED) is 0.870. The lowest BCUT2D eigenvalue weighted by molar-refractivity contribution is -0.135. The summed E-state index contributed by atoms with van der Waals surface area (Å²) < 4.78 is 5.28. The van der Waals surface area contributed by atoms with E-state index in [1.807, 2.05) is 35.2 Å². The molecule has 0 radical (unpaired) electrons. The van der Waals surface area contributed by atoms with Gasteiger partial charge in [0.2, 0.25) is 11.8 Å². The van der Waals surface area contributed by atoms with Crippen molar-refractivity contribution in [1.29, 1.82) is 0 Å². The van der Waals surface area contributed by atoms with E-state index in [1.54, 1.807) is 6.92 Å². The number of likely N-dealkylation sites (tertiary alicyclic amines) is 1. The highest BCUT2D eigenvalue weighted by molar-refractivity contribution is 5.79. The Morgan fingerprint density at radius 1 is 1.33 bits per heavy atom. The largest absolute Gasteiger partial charge is 0.337 e. The molecule has 1 atom stereocenters. The number of aryl methyl sites for hydroxylation is 1. The van der Waals surface area contributed by atoms with Crippen LogP contribution in [0.5, 0.6) is 0 Å². The van der Waals surface area contributed by atoms with Crippen LogP contribution in [0.1, 0.15) is 42.6 Å². The van der Waals surface area contributed by atoms with Gasteiger partial charge in [-0.3, -0.25) is 4.79 Å². The smallest absolute Gasteiger partial charge is 0.249 e. The van der Waals surface area contributed by atoms with E-state index in [9.17, 15) is 4.79 Å². The minimum atomic E-state index is -0.0730. The number of nitrogens with zero attached hydrogens (tertiary/aromatic N) is 3. The average Bonchev–Trinajstić information content (AvgIpc) is 2.95. The fraction of sp³-hybridized carbons (Fsp3) is 0.438. The van der Waals surface area contributed by atoms with Crippen molar-refractivity contribution < 1.29 is 9.32 Å². The predicted molar refractivity (Wildman–Crippen MR) is 77.5 cm³/mol. The van der Waals surface area contributed by atoms with Crippen molar-refractivity contribution in [2.75, 3.05) is 6.54 Å². The van der Waals surface area contributed by atoms with Gasteiger partial charge >= 0.3 is 0 Å². The zero-order chi connectivity index (χ0) is 14.7. The SMILES string of the molecule is Cc1noc([C@H]2CCCCN2C(=O)Cc2ccccc2)n1.